The predicted molar refractivity (Wildman–Crippen MR) is 112 cm³/mol. The molecule has 3 N–H and O–H groups in total. The minimum Gasteiger partial charge on any atom is -0.393 e. The summed E-state index contributed by atoms with van der Waals surface area (Å²) in [7, 11) is 0. The molecule has 0 saturated heterocycles. The van der Waals surface area contributed by atoms with Crippen molar-refractivity contribution in [3.63, 3.8) is 0 Å². The van der Waals surface area contributed by atoms with E-state index < -0.39 is 4.92 Å². The molecule has 0 spiro atoms. The molecule has 154 valence electrons. The first-order valence-electron chi connectivity index (χ1n) is 9.91. The van der Waals surface area contributed by atoms with Crippen molar-refractivity contribution in [1.29, 1.82) is 0 Å². The number of aryl methyl sites for hydroxylation is 2. The Morgan fingerprint density at radius 1 is 1.10 bits per heavy atom. The summed E-state index contributed by atoms with van der Waals surface area (Å²) in [5.41, 5.74) is 4.02. The summed E-state index contributed by atoms with van der Waals surface area (Å²) < 4.78 is 0. The molecular formula is C22H27N3O4. The number of carbonyl (C=O) groups excluding carboxylic acids is 1. The number of non-ortho nitro benzene ring substituents is 1. The Kier molecular flexibility index (Phi) is 6.49. The van der Waals surface area contributed by atoms with Gasteiger partial charge in [0.05, 0.1) is 16.6 Å². The van der Waals surface area contributed by atoms with Crippen molar-refractivity contribution >= 4 is 17.3 Å². The molecule has 0 aliphatic heterocycles. The molecule has 0 radical (unpaired) electrons. The van der Waals surface area contributed by atoms with E-state index >= 15 is 0 Å². The Morgan fingerprint density at radius 2 is 1.83 bits per heavy atom. The summed E-state index contributed by atoms with van der Waals surface area (Å²) in [6.07, 6.45) is 2.73. The number of aliphatic hydroxyl groups excluding tert-OH is 1. The molecule has 29 heavy (non-hydrogen) atoms. The second kappa shape index (κ2) is 9.05. The number of nitrogens with zero attached hydrogens (tertiary/aromatic N) is 1. The van der Waals surface area contributed by atoms with Gasteiger partial charge in [0.2, 0.25) is 0 Å². The van der Waals surface area contributed by atoms with Gasteiger partial charge in [-0.15, -0.1) is 0 Å². The number of nitrogens with one attached hydrogen (secondary N) is 2. The third-order valence-corrected chi connectivity index (χ3v) is 5.54. The minimum absolute atomic E-state index is 0.119. The fourth-order valence-electron chi connectivity index (χ4n) is 3.59. The highest BCUT2D eigenvalue weighted by Gasteiger charge is 2.22. The lowest BCUT2D eigenvalue weighted by molar-refractivity contribution is -0.384. The molecular weight excluding hydrogens is 370 g/mol. The summed E-state index contributed by atoms with van der Waals surface area (Å²) in [6, 6.07) is 10.4. The van der Waals surface area contributed by atoms with Crippen LogP contribution in [0.2, 0.25) is 0 Å². The van der Waals surface area contributed by atoms with Crippen LogP contribution in [0.15, 0.2) is 36.4 Å². The van der Waals surface area contributed by atoms with Gasteiger partial charge in [-0.1, -0.05) is 18.2 Å². The predicted octanol–water partition coefficient (Wildman–Crippen LogP) is 3.86. The molecule has 3 rings (SSSR count). The lowest BCUT2D eigenvalue weighted by atomic mass is 9.92. The molecule has 1 aliphatic rings. The van der Waals surface area contributed by atoms with E-state index in [-0.39, 0.29) is 29.3 Å². The molecule has 2 aromatic carbocycles. The fraction of sp³-hybridized carbons (Fsp3) is 0.409. The summed E-state index contributed by atoms with van der Waals surface area (Å²) in [6.45, 7) is 4.39. The number of amides is 1. The van der Waals surface area contributed by atoms with Gasteiger partial charge in [0.1, 0.15) is 0 Å². The maximum Gasteiger partial charge on any atom is 0.270 e. The first-order valence-corrected chi connectivity index (χ1v) is 9.91. The monoisotopic (exact) mass is 397 g/mol. The average Bonchev–Trinajstić information content (AvgIpc) is 2.70. The van der Waals surface area contributed by atoms with Crippen LogP contribution in [0.5, 0.6) is 0 Å². The Balaban J connectivity index is 1.76. The van der Waals surface area contributed by atoms with Crippen LogP contribution < -0.4 is 10.6 Å². The SMILES string of the molecule is Cc1ccc(CNC(=O)c2cc([N+](=O)[O-])ccc2NC2CCC(O)CC2)cc1C. The van der Waals surface area contributed by atoms with Crippen LogP contribution in [-0.4, -0.2) is 28.1 Å². The van der Waals surface area contributed by atoms with Crippen molar-refractivity contribution in [1.82, 2.24) is 5.32 Å². The van der Waals surface area contributed by atoms with E-state index in [0.717, 1.165) is 24.0 Å². The number of benzene rings is 2. The quantitative estimate of drug-likeness (QED) is 0.507. The number of nitro groups is 1. The Hall–Kier alpha value is -2.93. The summed E-state index contributed by atoms with van der Waals surface area (Å²) in [5.74, 6) is -0.356. The molecule has 1 fully saturated rings. The van der Waals surface area contributed by atoms with E-state index in [9.17, 15) is 20.0 Å². The number of hydrogen-bond donors (Lipinski definition) is 3. The van der Waals surface area contributed by atoms with Crippen LogP contribution in [0.3, 0.4) is 0 Å². The lowest BCUT2D eigenvalue weighted by Gasteiger charge is -2.27. The van der Waals surface area contributed by atoms with E-state index in [1.54, 1.807) is 6.07 Å². The second-order valence-electron chi connectivity index (χ2n) is 7.74. The summed E-state index contributed by atoms with van der Waals surface area (Å²) in [5, 5.41) is 27.1. The van der Waals surface area contributed by atoms with Crippen molar-refractivity contribution < 1.29 is 14.8 Å². The highest BCUT2D eigenvalue weighted by atomic mass is 16.6. The van der Waals surface area contributed by atoms with Gasteiger partial charge in [-0.3, -0.25) is 14.9 Å². The zero-order chi connectivity index (χ0) is 21.0. The van der Waals surface area contributed by atoms with Gasteiger partial charge < -0.3 is 15.7 Å². The van der Waals surface area contributed by atoms with Gasteiger partial charge in [0.25, 0.3) is 11.6 Å². The summed E-state index contributed by atoms with van der Waals surface area (Å²) in [4.78, 5) is 23.5. The maximum absolute atomic E-state index is 12.8. The molecule has 0 atom stereocenters. The van der Waals surface area contributed by atoms with E-state index in [1.165, 1.54) is 17.7 Å². The molecule has 1 amide bonds. The first-order chi connectivity index (χ1) is 13.8. The van der Waals surface area contributed by atoms with Crippen molar-refractivity contribution in [2.24, 2.45) is 0 Å². The zero-order valence-corrected chi connectivity index (χ0v) is 16.8. The lowest BCUT2D eigenvalue weighted by Crippen LogP contribution is -2.30. The van der Waals surface area contributed by atoms with Crippen LogP contribution in [-0.2, 0) is 6.54 Å². The molecule has 0 heterocycles. The highest BCUT2D eigenvalue weighted by molar-refractivity contribution is 6.00. The topological polar surface area (TPSA) is 104 Å². The number of rotatable bonds is 6. The molecule has 1 aliphatic carbocycles. The Bertz CT molecular complexity index is 905. The van der Waals surface area contributed by atoms with E-state index in [0.29, 0.717) is 25.1 Å². The number of aliphatic hydroxyl groups is 1. The first kappa shape index (κ1) is 20.8. The highest BCUT2D eigenvalue weighted by Crippen LogP contribution is 2.27. The largest absolute Gasteiger partial charge is 0.393 e. The molecule has 0 bridgehead atoms. The Labute approximate surface area is 170 Å². The van der Waals surface area contributed by atoms with Crippen molar-refractivity contribution in [2.45, 2.75) is 58.2 Å². The molecule has 7 heteroatoms. The van der Waals surface area contributed by atoms with Crippen LogP contribution >= 0.6 is 0 Å². The standard InChI is InChI=1S/C22H27N3O4/c1-14-3-4-16(11-15(14)2)13-23-22(27)20-12-18(25(28)29)7-10-21(20)24-17-5-8-19(26)9-6-17/h3-4,7,10-12,17,19,24,26H,5-6,8-9,13H2,1-2H3,(H,23,27). The Morgan fingerprint density at radius 3 is 2.48 bits per heavy atom. The van der Waals surface area contributed by atoms with Gasteiger partial charge in [0, 0.05) is 30.4 Å². The molecule has 1 saturated carbocycles. The molecule has 0 unspecified atom stereocenters. The maximum atomic E-state index is 12.8. The molecule has 2 aromatic rings. The van der Waals surface area contributed by atoms with Gasteiger partial charge in [-0.05, 0) is 62.3 Å². The number of anilines is 1. The van der Waals surface area contributed by atoms with Crippen molar-refractivity contribution in [3.8, 4) is 0 Å². The normalized spacial score (nSPS) is 18.9. The van der Waals surface area contributed by atoms with E-state index in [1.807, 2.05) is 32.0 Å². The molecule has 7 nitrogen and oxygen atoms in total. The number of hydrogen-bond acceptors (Lipinski definition) is 5. The third kappa shape index (κ3) is 5.32. The van der Waals surface area contributed by atoms with Gasteiger partial charge in [-0.2, -0.15) is 0 Å². The van der Waals surface area contributed by atoms with Gasteiger partial charge >= 0.3 is 0 Å². The smallest absolute Gasteiger partial charge is 0.270 e. The zero-order valence-electron chi connectivity index (χ0n) is 16.8. The second-order valence-corrected chi connectivity index (χ2v) is 7.74. The van der Waals surface area contributed by atoms with Crippen LogP contribution in [0.4, 0.5) is 11.4 Å². The molecule has 0 aromatic heterocycles. The fourth-order valence-corrected chi connectivity index (χ4v) is 3.59. The summed E-state index contributed by atoms with van der Waals surface area (Å²) >= 11 is 0. The van der Waals surface area contributed by atoms with Crippen LogP contribution in [0.1, 0.15) is 52.7 Å². The van der Waals surface area contributed by atoms with E-state index in [2.05, 4.69) is 10.6 Å². The van der Waals surface area contributed by atoms with E-state index in [4.69, 9.17) is 0 Å². The number of carbonyl (C=O) groups is 1. The van der Waals surface area contributed by atoms with Gasteiger partial charge in [-0.25, -0.2) is 0 Å². The third-order valence-electron chi connectivity index (χ3n) is 5.54. The van der Waals surface area contributed by atoms with Crippen molar-refractivity contribution in [2.75, 3.05) is 5.32 Å². The average molecular weight is 397 g/mol. The van der Waals surface area contributed by atoms with Crippen molar-refractivity contribution in [3.05, 3.63) is 68.8 Å². The number of nitro benzene ring substituents is 1. The van der Waals surface area contributed by atoms with Crippen LogP contribution in [0.25, 0.3) is 0 Å². The van der Waals surface area contributed by atoms with Crippen LogP contribution in [0, 0.1) is 24.0 Å². The van der Waals surface area contributed by atoms with Gasteiger partial charge in [0.15, 0.2) is 0 Å². The minimum atomic E-state index is -0.499.